The normalized spacial score (nSPS) is 14.7. The van der Waals surface area contributed by atoms with Gasteiger partial charge in [0.05, 0.1) is 17.8 Å². The number of fused-ring (bicyclic) bond motifs is 1. The molecule has 2 aromatic rings. The number of hydrogen-bond acceptors (Lipinski definition) is 4. The molecule has 130 valence electrons. The Hall–Kier alpha value is -2.53. The third-order valence-corrected chi connectivity index (χ3v) is 4.31. The largest absolute Gasteiger partial charge is 0.497 e. The molecular weight excluding hydrogens is 340 g/mol. The summed E-state index contributed by atoms with van der Waals surface area (Å²) in [5.74, 6) is 0.979. The Morgan fingerprint density at radius 1 is 1.24 bits per heavy atom. The van der Waals surface area contributed by atoms with Gasteiger partial charge in [0.15, 0.2) is 6.61 Å². The maximum absolute atomic E-state index is 12.0. The number of carbonyl (C=O) groups is 1. The molecule has 0 heterocycles. The van der Waals surface area contributed by atoms with Crippen LogP contribution >= 0.6 is 11.6 Å². The number of halogens is 1. The van der Waals surface area contributed by atoms with E-state index in [-0.39, 0.29) is 12.5 Å². The van der Waals surface area contributed by atoms with Gasteiger partial charge in [-0.1, -0.05) is 23.7 Å². The number of nitrogens with zero attached hydrogens (tertiary/aromatic N) is 1. The van der Waals surface area contributed by atoms with Crippen LogP contribution in [0.3, 0.4) is 0 Å². The van der Waals surface area contributed by atoms with Gasteiger partial charge in [-0.3, -0.25) is 4.79 Å². The molecule has 0 radical (unpaired) electrons. The molecule has 5 nitrogen and oxygen atoms in total. The van der Waals surface area contributed by atoms with Crippen molar-refractivity contribution in [3.05, 3.63) is 58.6 Å². The fourth-order valence-corrected chi connectivity index (χ4v) is 2.94. The number of methoxy groups -OCH3 is 1. The number of para-hydroxylation sites is 1. The quantitative estimate of drug-likeness (QED) is 0.831. The molecule has 1 aliphatic rings. The summed E-state index contributed by atoms with van der Waals surface area (Å²) in [5.41, 5.74) is 5.67. The molecule has 0 saturated carbocycles. The van der Waals surface area contributed by atoms with Crippen LogP contribution in [0.2, 0.25) is 5.02 Å². The van der Waals surface area contributed by atoms with Crippen molar-refractivity contribution in [1.29, 1.82) is 0 Å². The average molecular weight is 359 g/mol. The fourth-order valence-electron chi connectivity index (χ4n) is 2.75. The zero-order valence-corrected chi connectivity index (χ0v) is 14.7. The molecule has 0 aliphatic heterocycles. The molecule has 1 amide bonds. The summed E-state index contributed by atoms with van der Waals surface area (Å²) >= 11 is 5.99. The van der Waals surface area contributed by atoms with Crippen molar-refractivity contribution < 1.29 is 14.3 Å². The summed E-state index contributed by atoms with van der Waals surface area (Å²) in [6, 6.07) is 12.9. The molecule has 0 atom stereocenters. The highest BCUT2D eigenvalue weighted by Gasteiger charge is 2.16. The van der Waals surface area contributed by atoms with Crippen molar-refractivity contribution in [3.63, 3.8) is 0 Å². The van der Waals surface area contributed by atoms with Gasteiger partial charge in [0.2, 0.25) is 0 Å². The standard InChI is InChI=1S/C19H19ClN2O3/c1-24-14-9-10-15-13(11-14)5-4-7-17(15)21-22-19(23)12-25-18-8-3-2-6-16(18)20/h2-3,6,8-11H,4-5,7,12H2,1H3,(H,22,23). The Bertz CT molecular complexity index is 805. The van der Waals surface area contributed by atoms with E-state index in [0.29, 0.717) is 10.8 Å². The summed E-state index contributed by atoms with van der Waals surface area (Å²) in [6.45, 7) is -0.143. The minimum Gasteiger partial charge on any atom is -0.497 e. The zero-order chi connectivity index (χ0) is 17.6. The van der Waals surface area contributed by atoms with Crippen LogP contribution in [0, 0.1) is 0 Å². The first kappa shape index (κ1) is 17.3. The van der Waals surface area contributed by atoms with Gasteiger partial charge in [-0.25, -0.2) is 5.43 Å². The Balaban J connectivity index is 1.63. The van der Waals surface area contributed by atoms with Crippen molar-refractivity contribution in [2.24, 2.45) is 5.10 Å². The number of hydrogen-bond donors (Lipinski definition) is 1. The number of carbonyl (C=O) groups excluding carboxylic acids is 1. The zero-order valence-electron chi connectivity index (χ0n) is 13.9. The number of nitrogens with one attached hydrogen (secondary N) is 1. The molecule has 0 bridgehead atoms. The van der Waals surface area contributed by atoms with E-state index in [1.54, 1.807) is 31.4 Å². The number of hydrazone groups is 1. The van der Waals surface area contributed by atoms with Crippen molar-refractivity contribution in [3.8, 4) is 11.5 Å². The molecule has 0 aromatic heterocycles. The Labute approximate surface area is 151 Å². The number of ether oxygens (including phenoxy) is 2. The van der Waals surface area contributed by atoms with E-state index in [1.807, 2.05) is 18.2 Å². The lowest BCUT2D eigenvalue weighted by molar-refractivity contribution is -0.123. The van der Waals surface area contributed by atoms with Gasteiger partial charge in [-0.15, -0.1) is 0 Å². The smallest absolute Gasteiger partial charge is 0.277 e. The number of amides is 1. The maximum atomic E-state index is 12.0. The van der Waals surface area contributed by atoms with Gasteiger partial charge < -0.3 is 9.47 Å². The second-order valence-electron chi connectivity index (χ2n) is 5.69. The topological polar surface area (TPSA) is 59.9 Å². The van der Waals surface area contributed by atoms with Gasteiger partial charge in [0.1, 0.15) is 11.5 Å². The summed E-state index contributed by atoms with van der Waals surface area (Å²) in [5, 5.41) is 4.75. The van der Waals surface area contributed by atoms with Gasteiger partial charge in [0, 0.05) is 5.56 Å². The number of benzene rings is 2. The van der Waals surface area contributed by atoms with Crippen LogP contribution in [0.1, 0.15) is 24.0 Å². The highest BCUT2D eigenvalue weighted by Crippen LogP contribution is 2.26. The van der Waals surface area contributed by atoms with E-state index in [9.17, 15) is 4.79 Å². The maximum Gasteiger partial charge on any atom is 0.277 e. The van der Waals surface area contributed by atoms with Crippen molar-refractivity contribution in [1.82, 2.24) is 5.43 Å². The van der Waals surface area contributed by atoms with Gasteiger partial charge in [0.25, 0.3) is 5.91 Å². The van der Waals surface area contributed by atoms with E-state index in [4.69, 9.17) is 21.1 Å². The molecule has 1 aliphatic carbocycles. The third-order valence-electron chi connectivity index (χ3n) is 3.99. The molecule has 6 heteroatoms. The Kier molecular flexibility index (Phi) is 5.56. The van der Waals surface area contributed by atoms with Crippen LogP contribution in [-0.4, -0.2) is 25.3 Å². The highest BCUT2D eigenvalue weighted by atomic mass is 35.5. The second kappa shape index (κ2) is 8.03. The van der Waals surface area contributed by atoms with E-state index in [1.165, 1.54) is 5.56 Å². The molecule has 0 saturated heterocycles. The van der Waals surface area contributed by atoms with Crippen molar-refractivity contribution >= 4 is 23.2 Å². The molecular formula is C19H19ClN2O3. The number of aryl methyl sites for hydroxylation is 1. The first-order chi connectivity index (χ1) is 12.2. The Morgan fingerprint density at radius 3 is 2.88 bits per heavy atom. The molecule has 3 rings (SSSR count). The SMILES string of the molecule is COc1ccc2c(c1)CCCC2=NNC(=O)COc1ccccc1Cl. The average Bonchev–Trinajstić information content (AvgIpc) is 2.65. The number of rotatable bonds is 5. The van der Waals surface area contributed by atoms with E-state index in [0.717, 1.165) is 36.3 Å². The van der Waals surface area contributed by atoms with E-state index >= 15 is 0 Å². The van der Waals surface area contributed by atoms with Crippen LogP contribution in [-0.2, 0) is 11.2 Å². The van der Waals surface area contributed by atoms with Gasteiger partial charge >= 0.3 is 0 Å². The molecule has 0 fully saturated rings. The summed E-state index contributed by atoms with van der Waals surface area (Å²) in [4.78, 5) is 12.0. The lowest BCUT2D eigenvalue weighted by Crippen LogP contribution is -2.27. The molecule has 25 heavy (non-hydrogen) atoms. The van der Waals surface area contributed by atoms with Crippen LogP contribution < -0.4 is 14.9 Å². The van der Waals surface area contributed by atoms with Crippen molar-refractivity contribution in [2.45, 2.75) is 19.3 Å². The minimum absolute atomic E-state index is 0.143. The monoisotopic (exact) mass is 358 g/mol. The van der Waals surface area contributed by atoms with Gasteiger partial charge in [-0.05, 0) is 55.2 Å². The summed E-state index contributed by atoms with van der Waals surface area (Å²) in [6.07, 6.45) is 2.80. The predicted octanol–water partition coefficient (Wildman–Crippen LogP) is 3.58. The summed E-state index contributed by atoms with van der Waals surface area (Å²) < 4.78 is 10.7. The summed E-state index contributed by atoms with van der Waals surface area (Å²) in [7, 11) is 1.65. The molecule has 1 N–H and O–H groups in total. The van der Waals surface area contributed by atoms with Crippen LogP contribution in [0.25, 0.3) is 0 Å². The fraction of sp³-hybridized carbons (Fsp3) is 0.263. The Morgan fingerprint density at radius 2 is 2.08 bits per heavy atom. The third kappa shape index (κ3) is 4.31. The van der Waals surface area contributed by atoms with Gasteiger partial charge in [-0.2, -0.15) is 5.10 Å². The highest BCUT2D eigenvalue weighted by molar-refractivity contribution is 6.32. The van der Waals surface area contributed by atoms with Crippen molar-refractivity contribution in [2.75, 3.05) is 13.7 Å². The molecule has 0 spiro atoms. The van der Waals surface area contributed by atoms with E-state index in [2.05, 4.69) is 10.5 Å². The lowest BCUT2D eigenvalue weighted by atomic mass is 9.90. The van der Waals surface area contributed by atoms with E-state index < -0.39 is 0 Å². The molecule has 2 aromatic carbocycles. The first-order valence-corrected chi connectivity index (χ1v) is 8.45. The predicted molar refractivity (Wildman–Crippen MR) is 97.6 cm³/mol. The first-order valence-electron chi connectivity index (χ1n) is 8.07. The second-order valence-corrected chi connectivity index (χ2v) is 6.10. The van der Waals surface area contributed by atoms with Crippen LogP contribution in [0.5, 0.6) is 11.5 Å². The minimum atomic E-state index is -0.326. The molecule has 0 unspecified atom stereocenters. The lowest BCUT2D eigenvalue weighted by Gasteiger charge is -2.18. The van der Waals surface area contributed by atoms with Crippen LogP contribution in [0.4, 0.5) is 0 Å². The van der Waals surface area contributed by atoms with Crippen LogP contribution in [0.15, 0.2) is 47.6 Å².